The fourth-order valence-corrected chi connectivity index (χ4v) is 2.17. The van der Waals surface area contributed by atoms with Gasteiger partial charge in [0.1, 0.15) is 17.2 Å². The van der Waals surface area contributed by atoms with E-state index in [1.165, 1.54) is 18.9 Å². The molecule has 2 aromatic rings. The Morgan fingerprint density at radius 2 is 2.29 bits per heavy atom. The second-order valence-corrected chi connectivity index (χ2v) is 4.67. The molecule has 1 heterocycles. The van der Waals surface area contributed by atoms with E-state index in [1.54, 1.807) is 6.07 Å². The number of hydrogen-bond donors (Lipinski definition) is 1. The number of para-hydroxylation sites is 1. The van der Waals surface area contributed by atoms with Crippen LogP contribution in [0.3, 0.4) is 0 Å². The number of nitrogens with one attached hydrogen (secondary N) is 1. The second-order valence-electron chi connectivity index (χ2n) is 4.67. The highest BCUT2D eigenvalue weighted by Crippen LogP contribution is 2.20. The molecule has 0 aliphatic heterocycles. The molecule has 1 saturated carbocycles. The Morgan fingerprint density at radius 1 is 1.47 bits per heavy atom. The lowest BCUT2D eigenvalue weighted by molar-refractivity contribution is 0.624. The molecule has 4 heteroatoms. The highest BCUT2D eigenvalue weighted by Gasteiger charge is 2.20. The highest BCUT2D eigenvalue weighted by molar-refractivity contribution is 5.76. The molecule has 17 heavy (non-hydrogen) atoms. The number of imidazole rings is 1. The molecular weight excluding hydrogens is 217 g/mol. The Kier molecular flexibility index (Phi) is 2.59. The van der Waals surface area contributed by atoms with Crippen LogP contribution in [0.5, 0.6) is 0 Å². The molecule has 3 nitrogen and oxygen atoms in total. The predicted molar refractivity (Wildman–Crippen MR) is 65.4 cm³/mol. The van der Waals surface area contributed by atoms with E-state index in [9.17, 15) is 4.39 Å². The third-order valence-electron chi connectivity index (χ3n) is 3.30. The molecule has 90 valence electrons. The van der Waals surface area contributed by atoms with E-state index < -0.39 is 0 Å². The van der Waals surface area contributed by atoms with Crippen molar-refractivity contribution in [2.45, 2.75) is 25.3 Å². The van der Waals surface area contributed by atoms with Crippen LogP contribution in [-0.4, -0.2) is 22.1 Å². The number of aryl methyl sites for hydroxylation is 1. The average Bonchev–Trinajstić information content (AvgIpc) is 3.06. The summed E-state index contributed by atoms with van der Waals surface area (Å²) in [7, 11) is 1.88. The van der Waals surface area contributed by atoms with Crippen molar-refractivity contribution in [2.75, 3.05) is 6.54 Å². The Labute approximate surface area is 99.7 Å². The summed E-state index contributed by atoms with van der Waals surface area (Å²) in [6.45, 7) is 0.920. The predicted octanol–water partition coefficient (Wildman–Crippen LogP) is 2.01. The number of aromatic nitrogens is 2. The van der Waals surface area contributed by atoms with Crippen molar-refractivity contribution < 1.29 is 4.39 Å². The zero-order chi connectivity index (χ0) is 11.8. The minimum absolute atomic E-state index is 0.195. The van der Waals surface area contributed by atoms with E-state index in [0.29, 0.717) is 11.6 Å². The molecule has 1 aromatic heterocycles. The van der Waals surface area contributed by atoms with Crippen LogP contribution in [0.1, 0.15) is 18.7 Å². The minimum Gasteiger partial charge on any atom is -0.329 e. The molecular formula is C13H16FN3. The van der Waals surface area contributed by atoms with Gasteiger partial charge in [0, 0.05) is 26.1 Å². The molecule has 1 aliphatic carbocycles. The lowest BCUT2D eigenvalue weighted by atomic mass is 10.3. The molecule has 1 aromatic carbocycles. The molecule has 3 rings (SSSR count). The molecule has 0 unspecified atom stereocenters. The Bertz CT molecular complexity index is 543. The third-order valence-corrected chi connectivity index (χ3v) is 3.30. The summed E-state index contributed by atoms with van der Waals surface area (Å²) in [5, 5.41) is 3.44. The summed E-state index contributed by atoms with van der Waals surface area (Å²) >= 11 is 0. The first-order valence-corrected chi connectivity index (χ1v) is 6.09. The second kappa shape index (κ2) is 4.11. The minimum atomic E-state index is -0.195. The Hall–Kier alpha value is -1.42. The number of rotatable bonds is 4. The summed E-state index contributed by atoms with van der Waals surface area (Å²) in [4.78, 5) is 4.47. The van der Waals surface area contributed by atoms with Crippen molar-refractivity contribution in [3.8, 4) is 0 Å². The van der Waals surface area contributed by atoms with Gasteiger partial charge >= 0.3 is 0 Å². The van der Waals surface area contributed by atoms with E-state index in [1.807, 2.05) is 17.7 Å². The van der Waals surface area contributed by atoms with Crippen LogP contribution in [0.25, 0.3) is 11.0 Å². The number of fused-ring (bicyclic) bond motifs is 1. The Balaban J connectivity index is 1.83. The first-order chi connectivity index (χ1) is 8.25. The topological polar surface area (TPSA) is 29.9 Å². The summed E-state index contributed by atoms with van der Waals surface area (Å²) in [6.07, 6.45) is 3.43. The van der Waals surface area contributed by atoms with Crippen LogP contribution < -0.4 is 5.32 Å². The molecule has 1 fully saturated rings. The van der Waals surface area contributed by atoms with Gasteiger partial charge in [0.05, 0.1) is 5.52 Å². The van der Waals surface area contributed by atoms with Crippen LogP contribution in [0.15, 0.2) is 18.2 Å². The van der Waals surface area contributed by atoms with Gasteiger partial charge in [-0.25, -0.2) is 9.37 Å². The molecule has 1 N–H and O–H groups in total. The van der Waals surface area contributed by atoms with E-state index in [0.717, 1.165) is 24.3 Å². The van der Waals surface area contributed by atoms with Crippen LogP contribution >= 0.6 is 0 Å². The first-order valence-electron chi connectivity index (χ1n) is 6.09. The zero-order valence-electron chi connectivity index (χ0n) is 9.91. The van der Waals surface area contributed by atoms with Gasteiger partial charge in [0.25, 0.3) is 0 Å². The molecule has 0 spiro atoms. The summed E-state index contributed by atoms with van der Waals surface area (Å²) in [6, 6.07) is 5.75. The maximum Gasteiger partial charge on any atom is 0.149 e. The maximum absolute atomic E-state index is 13.6. The number of halogens is 1. The fraction of sp³-hybridized carbons (Fsp3) is 0.462. The zero-order valence-corrected chi connectivity index (χ0v) is 9.91. The lowest BCUT2D eigenvalue weighted by Crippen LogP contribution is -2.20. The summed E-state index contributed by atoms with van der Waals surface area (Å²) in [5.74, 6) is 0.747. The van der Waals surface area contributed by atoms with Crippen LogP contribution in [0, 0.1) is 5.82 Å². The molecule has 0 saturated heterocycles. The molecule has 0 atom stereocenters. The van der Waals surface area contributed by atoms with Crippen molar-refractivity contribution in [1.29, 1.82) is 0 Å². The van der Waals surface area contributed by atoms with Gasteiger partial charge < -0.3 is 9.88 Å². The maximum atomic E-state index is 13.6. The van der Waals surface area contributed by atoms with Gasteiger partial charge in [-0.1, -0.05) is 6.07 Å². The number of benzene rings is 1. The van der Waals surface area contributed by atoms with Gasteiger partial charge in [-0.2, -0.15) is 0 Å². The van der Waals surface area contributed by atoms with Gasteiger partial charge in [-0.05, 0) is 25.0 Å². The summed E-state index contributed by atoms with van der Waals surface area (Å²) in [5.41, 5.74) is 1.35. The SMILES string of the molecule is Cn1c(CCNC2CC2)nc2cccc(F)c21. The van der Waals surface area contributed by atoms with Crippen LogP contribution in [0.2, 0.25) is 0 Å². The molecule has 1 aliphatic rings. The van der Waals surface area contributed by atoms with Gasteiger partial charge in [-0.15, -0.1) is 0 Å². The van der Waals surface area contributed by atoms with Crippen LogP contribution in [0.4, 0.5) is 4.39 Å². The normalized spacial score (nSPS) is 15.6. The quantitative estimate of drug-likeness (QED) is 0.875. The highest BCUT2D eigenvalue weighted by atomic mass is 19.1. The van der Waals surface area contributed by atoms with Crippen molar-refractivity contribution in [3.05, 3.63) is 29.8 Å². The number of hydrogen-bond acceptors (Lipinski definition) is 2. The van der Waals surface area contributed by atoms with E-state index >= 15 is 0 Å². The van der Waals surface area contributed by atoms with E-state index in [-0.39, 0.29) is 5.82 Å². The fourth-order valence-electron chi connectivity index (χ4n) is 2.17. The van der Waals surface area contributed by atoms with Crippen molar-refractivity contribution >= 4 is 11.0 Å². The number of nitrogens with zero attached hydrogens (tertiary/aromatic N) is 2. The third kappa shape index (κ3) is 2.05. The molecule has 0 amide bonds. The molecule has 0 bridgehead atoms. The average molecular weight is 233 g/mol. The molecule has 0 radical (unpaired) electrons. The smallest absolute Gasteiger partial charge is 0.149 e. The van der Waals surface area contributed by atoms with E-state index in [4.69, 9.17) is 0 Å². The summed E-state index contributed by atoms with van der Waals surface area (Å²) < 4.78 is 15.5. The lowest BCUT2D eigenvalue weighted by Gasteiger charge is -2.03. The first kappa shape index (κ1) is 10.7. The van der Waals surface area contributed by atoms with Gasteiger partial charge in [-0.3, -0.25) is 0 Å². The van der Waals surface area contributed by atoms with Gasteiger partial charge in [0.15, 0.2) is 0 Å². The van der Waals surface area contributed by atoms with Gasteiger partial charge in [0.2, 0.25) is 0 Å². The van der Waals surface area contributed by atoms with Crippen molar-refractivity contribution in [3.63, 3.8) is 0 Å². The largest absolute Gasteiger partial charge is 0.329 e. The Morgan fingerprint density at radius 3 is 3.00 bits per heavy atom. The van der Waals surface area contributed by atoms with Crippen molar-refractivity contribution in [1.82, 2.24) is 14.9 Å². The van der Waals surface area contributed by atoms with Crippen molar-refractivity contribution in [2.24, 2.45) is 7.05 Å². The standard InChI is InChI=1S/C13H16FN3/c1-17-12(7-8-15-9-5-6-9)16-11-4-2-3-10(14)13(11)17/h2-4,9,15H,5-8H2,1H3. The van der Waals surface area contributed by atoms with Crippen LogP contribution in [-0.2, 0) is 13.5 Å². The van der Waals surface area contributed by atoms with E-state index in [2.05, 4.69) is 10.3 Å². The monoisotopic (exact) mass is 233 g/mol.